The van der Waals surface area contributed by atoms with E-state index in [0.29, 0.717) is 5.56 Å². The van der Waals surface area contributed by atoms with Crippen LogP contribution in [0.15, 0.2) is 18.2 Å². The molecule has 0 aliphatic carbocycles. The van der Waals surface area contributed by atoms with Crippen LogP contribution in [-0.4, -0.2) is 11.1 Å². The maximum absolute atomic E-state index is 13.0. The minimum absolute atomic E-state index is 0.117. The molecule has 2 nitrogen and oxygen atoms in total. The molecular formula is C11H13FO2. The molecule has 1 aromatic carbocycles. The zero-order chi connectivity index (χ0) is 10.6. The normalized spacial score (nSPS) is 10.1. The topological polar surface area (TPSA) is 37.3 Å². The van der Waals surface area contributed by atoms with Gasteiger partial charge in [-0.05, 0) is 29.7 Å². The zero-order valence-electron chi connectivity index (χ0n) is 8.09. The summed E-state index contributed by atoms with van der Waals surface area (Å²) in [5, 5.41) is 8.56. The quantitative estimate of drug-likeness (QED) is 0.802. The van der Waals surface area contributed by atoms with Gasteiger partial charge in [-0.3, -0.25) is 4.79 Å². The summed E-state index contributed by atoms with van der Waals surface area (Å²) in [6.45, 7) is 2.00. The van der Waals surface area contributed by atoms with Crippen LogP contribution in [0.5, 0.6) is 0 Å². The highest BCUT2D eigenvalue weighted by atomic mass is 19.1. The van der Waals surface area contributed by atoms with Crippen LogP contribution in [0.1, 0.15) is 24.5 Å². The molecule has 0 heterocycles. The van der Waals surface area contributed by atoms with Crippen LogP contribution in [0.2, 0.25) is 0 Å². The molecule has 0 aliphatic rings. The Kier molecular flexibility index (Phi) is 3.63. The monoisotopic (exact) mass is 196 g/mol. The number of aliphatic carboxylic acids is 1. The van der Waals surface area contributed by atoms with Gasteiger partial charge in [0.2, 0.25) is 0 Å². The van der Waals surface area contributed by atoms with Crippen molar-refractivity contribution in [1.82, 2.24) is 0 Å². The third kappa shape index (κ3) is 3.17. The minimum atomic E-state index is -0.932. The number of carbonyl (C=O) groups is 1. The molecule has 0 saturated heterocycles. The van der Waals surface area contributed by atoms with Gasteiger partial charge in [0.05, 0.1) is 6.42 Å². The Bertz CT molecular complexity index is 334. The van der Waals surface area contributed by atoms with Crippen LogP contribution in [0.4, 0.5) is 4.39 Å². The summed E-state index contributed by atoms with van der Waals surface area (Å²) in [5.41, 5.74) is 1.39. The van der Waals surface area contributed by atoms with E-state index in [0.717, 1.165) is 18.4 Å². The van der Waals surface area contributed by atoms with E-state index in [1.807, 2.05) is 6.92 Å². The Morgan fingerprint density at radius 1 is 1.36 bits per heavy atom. The Hall–Kier alpha value is -1.38. The van der Waals surface area contributed by atoms with E-state index < -0.39 is 5.97 Å². The number of benzene rings is 1. The number of carboxylic acids is 1. The molecule has 0 spiro atoms. The van der Waals surface area contributed by atoms with Gasteiger partial charge in [-0.25, -0.2) is 4.39 Å². The highest BCUT2D eigenvalue weighted by molar-refractivity contribution is 5.70. The van der Waals surface area contributed by atoms with Crippen LogP contribution >= 0.6 is 0 Å². The van der Waals surface area contributed by atoms with Crippen molar-refractivity contribution < 1.29 is 14.3 Å². The molecule has 0 atom stereocenters. The number of hydrogen-bond donors (Lipinski definition) is 1. The van der Waals surface area contributed by atoms with Gasteiger partial charge < -0.3 is 5.11 Å². The second-order valence-corrected chi connectivity index (χ2v) is 3.29. The molecule has 3 heteroatoms. The number of halogens is 1. The number of carboxylic acid groups (broad SMARTS) is 1. The molecule has 0 bridgehead atoms. The van der Waals surface area contributed by atoms with E-state index in [1.165, 1.54) is 12.1 Å². The number of aryl methyl sites for hydroxylation is 1. The molecular weight excluding hydrogens is 183 g/mol. The Labute approximate surface area is 82.4 Å². The van der Waals surface area contributed by atoms with Crippen molar-refractivity contribution in [1.29, 1.82) is 0 Å². The van der Waals surface area contributed by atoms with Crippen molar-refractivity contribution in [3.8, 4) is 0 Å². The van der Waals surface area contributed by atoms with Crippen molar-refractivity contribution in [2.45, 2.75) is 26.2 Å². The average Bonchev–Trinajstić information content (AvgIpc) is 2.01. The predicted molar refractivity (Wildman–Crippen MR) is 51.7 cm³/mol. The molecule has 1 rings (SSSR count). The number of hydrogen-bond acceptors (Lipinski definition) is 1. The van der Waals surface area contributed by atoms with Gasteiger partial charge in [0.15, 0.2) is 0 Å². The molecule has 0 saturated carbocycles. The first kappa shape index (κ1) is 10.7. The summed E-state index contributed by atoms with van der Waals surface area (Å²) in [7, 11) is 0. The van der Waals surface area contributed by atoms with E-state index in [4.69, 9.17) is 5.11 Å². The first-order chi connectivity index (χ1) is 6.61. The molecule has 0 radical (unpaired) electrons. The van der Waals surface area contributed by atoms with Gasteiger partial charge in [-0.15, -0.1) is 0 Å². The van der Waals surface area contributed by atoms with Crippen LogP contribution < -0.4 is 0 Å². The minimum Gasteiger partial charge on any atom is -0.481 e. The molecule has 0 aliphatic heterocycles. The largest absolute Gasteiger partial charge is 0.481 e. The van der Waals surface area contributed by atoms with Crippen LogP contribution in [0.3, 0.4) is 0 Å². The fourth-order valence-electron chi connectivity index (χ4n) is 1.43. The van der Waals surface area contributed by atoms with Crippen molar-refractivity contribution in [3.63, 3.8) is 0 Å². The van der Waals surface area contributed by atoms with E-state index in [2.05, 4.69) is 0 Å². The lowest BCUT2D eigenvalue weighted by Gasteiger charge is -2.03. The van der Waals surface area contributed by atoms with E-state index in [1.54, 1.807) is 6.07 Å². The van der Waals surface area contributed by atoms with Crippen LogP contribution in [-0.2, 0) is 17.6 Å². The molecule has 1 N–H and O–H groups in total. The lowest BCUT2D eigenvalue weighted by Crippen LogP contribution is -2.01. The summed E-state index contributed by atoms with van der Waals surface area (Å²) in [4.78, 5) is 10.4. The van der Waals surface area contributed by atoms with E-state index in [-0.39, 0.29) is 12.2 Å². The Balaban J connectivity index is 2.88. The smallest absolute Gasteiger partial charge is 0.307 e. The summed E-state index contributed by atoms with van der Waals surface area (Å²) in [6.07, 6.45) is 1.59. The fourth-order valence-corrected chi connectivity index (χ4v) is 1.43. The van der Waals surface area contributed by atoms with Gasteiger partial charge >= 0.3 is 5.97 Å². The van der Waals surface area contributed by atoms with Crippen molar-refractivity contribution >= 4 is 5.97 Å². The van der Waals surface area contributed by atoms with Crippen LogP contribution in [0, 0.1) is 5.82 Å². The van der Waals surface area contributed by atoms with Crippen molar-refractivity contribution in [2.24, 2.45) is 0 Å². The van der Waals surface area contributed by atoms with Gasteiger partial charge in [-0.1, -0.05) is 19.4 Å². The van der Waals surface area contributed by atoms with Gasteiger partial charge in [0.25, 0.3) is 0 Å². The third-order valence-electron chi connectivity index (χ3n) is 1.91. The van der Waals surface area contributed by atoms with Crippen molar-refractivity contribution in [2.75, 3.05) is 0 Å². The summed E-state index contributed by atoms with van der Waals surface area (Å²) >= 11 is 0. The molecule has 76 valence electrons. The maximum Gasteiger partial charge on any atom is 0.307 e. The Morgan fingerprint density at radius 2 is 2.00 bits per heavy atom. The van der Waals surface area contributed by atoms with Crippen LogP contribution in [0.25, 0.3) is 0 Å². The Morgan fingerprint density at radius 3 is 2.57 bits per heavy atom. The van der Waals surface area contributed by atoms with Gasteiger partial charge in [-0.2, -0.15) is 0 Å². The first-order valence-corrected chi connectivity index (χ1v) is 4.62. The summed E-state index contributed by atoms with van der Waals surface area (Å²) in [5.74, 6) is -1.29. The average molecular weight is 196 g/mol. The SMILES string of the molecule is CCCc1cc(F)cc(CC(=O)O)c1. The lowest BCUT2D eigenvalue weighted by atomic mass is 10.0. The van der Waals surface area contributed by atoms with Crippen molar-refractivity contribution in [3.05, 3.63) is 35.1 Å². The summed E-state index contributed by atoms with van der Waals surface area (Å²) < 4.78 is 13.0. The molecule has 1 aromatic rings. The second-order valence-electron chi connectivity index (χ2n) is 3.29. The maximum atomic E-state index is 13.0. The standard InChI is InChI=1S/C11H13FO2/c1-2-3-8-4-9(7-11(13)14)6-10(12)5-8/h4-6H,2-3,7H2,1H3,(H,13,14). The van der Waals surface area contributed by atoms with E-state index in [9.17, 15) is 9.18 Å². The molecule has 0 unspecified atom stereocenters. The summed E-state index contributed by atoms with van der Waals surface area (Å²) in [6, 6.07) is 4.48. The predicted octanol–water partition coefficient (Wildman–Crippen LogP) is 2.41. The second kappa shape index (κ2) is 4.74. The molecule has 0 amide bonds. The first-order valence-electron chi connectivity index (χ1n) is 4.62. The zero-order valence-corrected chi connectivity index (χ0v) is 8.09. The van der Waals surface area contributed by atoms with Gasteiger partial charge in [0.1, 0.15) is 5.82 Å². The number of rotatable bonds is 4. The lowest BCUT2D eigenvalue weighted by molar-refractivity contribution is -0.136. The highest BCUT2D eigenvalue weighted by Gasteiger charge is 2.04. The fraction of sp³-hybridized carbons (Fsp3) is 0.364. The molecule has 14 heavy (non-hydrogen) atoms. The van der Waals surface area contributed by atoms with E-state index >= 15 is 0 Å². The third-order valence-corrected chi connectivity index (χ3v) is 1.91. The molecule has 0 aromatic heterocycles. The van der Waals surface area contributed by atoms with Gasteiger partial charge in [0, 0.05) is 0 Å². The highest BCUT2D eigenvalue weighted by Crippen LogP contribution is 2.11. The molecule has 0 fully saturated rings.